The second-order valence-electron chi connectivity index (χ2n) is 4.46. The monoisotopic (exact) mass is 223 g/mol. The van der Waals surface area contributed by atoms with E-state index in [-0.39, 0.29) is 5.82 Å². The lowest BCUT2D eigenvalue weighted by atomic mass is 10.1. The van der Waals surface area contributed by atoms with E-state index < -0.39 is 6.10 Å². The van der Waals surface area contributed by atoms with Gasteiger partial charge < -0.3 is 10.4 Å². The molecule has 1 aliphatic carbocycles. The van der Waals surface area contributed by atoms with Crippen LogP contribution >= 0.6 is 0 Å². The molecule has 1 fully saturated rings. The molecule has 0 aromatic heterocycles. The Hall–Kier alpha value is -0.930. The van der Waals surface area contributed by atoms with Gasteiger partial charge >= 0.3 is 0 Å². The zero-order valence-corrected chi connectivity index (χ0v) is 9.49. The Labute approximate surface area is 95.5 Å². The summed E-state index contributed by atoms with van der Waals surface area (Å²) < 4.78 is 13.3. The largest absolute Gasteiger partial charge is 0.387 e. The van der Waals surface area contributed by atoms with Crippen molar-refractivity contribution < 1.29 is 9.50 Å². The summed E-state index contributed by atoms with van der Waals surface area (Å²) in [5.74, 6) is 0.410. The lowest BCUT2D eigenvalue weighted by molar-refractivity contribution is 0.169. The Morgan fingerprint density at radius 3 is 2.88 bits per heavy atom. The van der Waals surface area contributed by atoms with Crippen LogP contribution in [-0.4, -0.2) is 17.7 Å². The lowest BCUT2D eigenvalue weighted by Gasteiger charge is -2.12. The molecule has 16 heavy (non-hydrogen) atoms. The summed E-state index contributed by atoms with van der Waals surface area (Å²) in [7, 11) is 0. The van der Waals surface area contributed by atoms with Crippen molar-refractivity contribution in [2.45, 2.75) is 31.9 Å². The molecule has 3 heteroatoms. The molecular formula is C13H18FNO. The number of halogens is 1. The van der Waals surface area contributed by atoms with Crippen molar-refractivity contribution in [2.75, 3.05) is 6.54 Å². The van der Waals surface area contributed by atoms with Gasteiger partial charge in [0.1, 0.15) is 5.82 Å². The second-order valence-corrected chi connectivity index (χ2v) is 4.46. The number of rotatable bonds is 5. The second kappa shape index (κ2) is 4.93. The fraction of sp³-hybridized carbons (Fsp3) is 0.538. The highest BCUT2D eigenvalue weighted by atomic mass is 19.1. The molecule has 0 spiro atoms. The van der Waals surface area contributed by atoms with Crippen LogP contribution in [0.3, 0.4) is 0 Å². The fourth-order valence-corrected chi connectivity index (χ4v) is 2.07. The Morgan fingerprint density at radius 1 is 1.50 bits per heavy atom. The van der Waals surface area contributed by atoms with Gasteiger partial charge in [0.25, 0.3) is 0 Å². The molecule has 0 amide bonds. The predicted molar refractivity (Wildman–Crippen MR) is 61.5 cm³/mol. The van der Waals surface area contributed by atoms with Gasteiger partial charge in [-0.2, -0.15) is 0 Å². The molecule has 0 aliphatic heterocycles. The summed E-state index contributed by atoms with van der Waals surface area (Å²) in [6.07, 6.45) is 1.60. The van der Waals surface area contributed by atoms with E-state index in [1.54, 1.807) is 18.2 Å². The minimum Gasteiger partial charge on any atom is -0.387 e. The van der Waals surface area contributed by atoms with E-state index in [1.807, 2.05) is 0 Å². The smallest absolute Gasteiger partial charge is 0.129 e. The minimum absolute atomic E-state index is 0.334. The zero-order valence-electron chi connectivity index (χ0n) is 9.49. The average Bonchev–Trinajstić information content (AvgIpc) is 3.05. The molecule has 88 valence electrons. The molecule has 1 aromatic carbocycles. The molecule has 1 saturated carbocycles. The number of aliphatic hydroxyl groups excluding tert-OH is 1. The van der Waals surface area contributed by atoms with E-state index in [9.17, 15) is 9.50 Å². The van der Waals surface area contributed by atoms with Crippen molar-refractivity contribution in [3.8, 4) is 0 Å². The minimum atomic E-state index is -0.751. The summed E-state index contributed by atoms with van der Waals surface area (Å²) in [5.41, 5.74) is 0.378. The first-order chi connectivity index (χ1) is 7.72. The maximum atomic E-state index is 13.3. The van der Waals surface area contributed by atoms with Gasteiger partial charge in [-0.05, 0) is 18.4 Å². The maximum absolute atomic E-state index is 13.3. The average molecular weight is 223 g/mol. The van der Waals surface area contributed by atoms with Crippen LogP contribution in [0, 0.1) is 11.7 Å². The van der Waals surface area contributed by atoms with E-state index in [2.05, 4.69) is 12.2 Å². The number of nitrogens with one attached hydrogen (secondary N) is 1. The highest BCUT2D eigenvalue weighted by Gasteiger charge is 2.34. The van der Waals surface area contributed by atoms with Crippen LogP contribution in [-0.2, 0) is 0 Å². The summed E-state index contributed by atoms with van der Waals surface area (Å²) in [6, 6.07) is 6.91. The third-order valence-corrected chi connectivity index (χ3v) is 3.28. The van der Waals surface area contributed by atoms with Gasteiger partial charge in [0.15, 0.2) is 0 Å². The van der Waals surface area contributed by atoms with Crippen molar-refractivity contribution in [2.24, 2.45) is 5.92 Å². The van der Waals surface area contributed by atoms with Crippen molar-refractivity contribution in [3.63, 3.8) is 0 Å². The molecule has 0 bridgehead atoms. The molecule has 0 heterocycles. The van der Waals surface area contributed by atoms with E-state index >= 15 is 0 Å². The van der Waals surface area contributed by atoms with Crippen molar-refractivity contribution in [3.05, 3.63) is 35.6 Å². The highest BCUT2D eigenvalue weighted by Crippen LogP contribution is 2.33. The predicted octanol–water partition coefficient (Wildman–Crippen LogP) is 2.25. The zero-order chi connectivity index (χ0) is 11.5. The van der Waals surface area contributed by atoms with Gasteiger partial charge in [-0.1, -0.05) is 31.5 Å². The van der Waals surface area contributed by atoms with Gasteiger partial charge in [-0.25, -0.2) is 4.39 Å². The van der Waals surface area contributed by atoms with Crippen LogP contribution < -0.4 is 5.32 Å². The van der Waals surface area contributed by atoms with Gasteiger partial charge in [0.05, 0.1) is 6.10 Å². The molecular weight excluding hydrogens is 205 g/mol. The van der Waals surface area contributed by atoms with Gasteiger partial charge in [-0.15, -0.1) is 0 Å². The van der Waals surface area contributed by atoms with Crippen LogP contribution in [0.25, 0.3) is 0 Å². The fourth-order valence-electron chi connectivity index (χ4n) is 2.07. The summed E-state index contributed by atoms with van der Waals surface area (Å²) in [6.45, 7) is 2.60. The first-order valence-electron chi connectivity index (χ1n) is 5.88. The third kappa shape index (κ3) is 2.60. The summed E-state index contributed by atoms with van der Waals surface area (Å²) in [4.78, 5) is 0. The SMILES string of the molecule is CCC1CC1NCC(O)c1ccccc1F. The van der Waals surface area contributed by atoms with Crippen molar-refractivity contribution in [1.82, 2.24) is 5.32 Å². The van der Waals surface area contributed by atoms with Gasteiger partial charge in [0.2, 0.25) is 0 Å². The topological polar surface area (TPSA) is 32.3 Å². The first-order valence-corrected chi connectivity index (χ1v) is 5.88. The summed E-state index contributed by atoms with van der Waals surface area (Å²) >= 11 is 0. The number of hydrogen-bond donors (Lipinski definition) is 2. The van der Waals surface area contributed by atoms with Crippen LogP contribution in [0.5, 0.6) is 0 Å². The standard InChI is InChI=1S/C13H18FNO/c1-2-9-7-12(9)15-8-13(16)10-5-3-4-6-11(10)14/h3-6,9,12-13,15-16H,2,7-8H2,1H3. The van der Waals surface area contributed by atoms with Gasteiger partial charge in [-0.3, -0.25) is 0 Å². The number of hydrogen-bond acceptors (Lipinski definition) is 2. The van der Waals surface area contributed by atoms with E-state index in [0.717, 1.165) is 5.92 Å². The maximum Gasteiger partial charge on any atom is 0.129 e. The quantitative estimate of drug-likeness (QED) is 0.802. The molecule has 3 unspecified atom stereocenters. The molecule has 3 atom stereocenters. The highest BCUT2D eigenvalue weighted by molar-refractivity contribution is 5.20. The molecule has 2 N–H and O–H groups in total. The van der Waals surface area contributed by atoms with Crippen LogP contribution in [0.1, 0.15) is 31.4 Å². The lowest BCUT2D eigenvalue weighted by Crippen LogP contribution is -2.25. The Bertz CT molecular complexity index is 356. The Balaban J connectivity index is 1.84. The van der Waals surface area contributed by atoms with Crippen molar-refractivity contribution in [1.29, 1.82) is 0 Å². The van der Waals surface area contributed by atoms with Crippen molar-refractivity contribution >= 4 is 0 Å². The summed E-state index contributed by atoms with van der Waals surface area (Å²) in [5, 5.41) is 13.1. The molecule has 0 radical (unpaired) electrons. The van der Waals surface area contributed by atoms with Crippen LogP contribution in [0.2, 0.25) is 0 Å². The normalized spacial score (nSPS) is 25.4. The van der Waals surface area contributed by atoms with E-state index in [0.29, 0.717) is 18.2 Å². The van der Waals surface area contributed by atoms with E-state index in [4.69, 9.17) is 0 Å². The van der Waals surface area contributed by atoms with Crippen LogP contribution in [0.15, 0.2) is 24.3 Å². The molecule has 1 aromatic rings. The van der Waals surface area contributed by atoms with Gasteiger partial charge in [0, 0.05) is 18.2 Å². The van der Waals surface area contributed by atoms with Crippen LogP contribution in [0.4, 0.5) is 4.39 Å². The van der Waals surface area contributed by atoms with E-state index in [1.165, 1.54) is 18.9 Å². The number of benzene rings is 1. The molecule has 2 nitrogen and oxygen atoms in total. The molecule has 0 saturated heterocycles. The third-order valence-electron chi connectivity index (χ3n) is 3.28. The Kier molecular flexibility index (Phi) is 3.56. The molecule has 1 aliphatic rings. The Morgan fingerprint density at radius 2 is 2.25 bits per heavy atom. The molecule has 2 rings (SSSR count). The number of aliphatic hydroxyl groups is 1. The first kappa shape index (κ1) is 11.6.